The third-order valence-corrected chi connectivity index (χ3v) is 3.27. The second-order valence-corrected chi connectivity index (χ2v) is 4.84. The molecule has 0 atom stereocenters. The van der Waals surface area contributed by atoms with Crippen LogP contribution in [-0.2, 0) is 0 Å². The summed E-state index contributed by atoms with van der Waals surface area (Å²) >= 11 is 3.45. The van der Waals surface area contributed by atoms with Crippen LogP contribution in [0.2, 0.25) is 0 Å². The minimum Gasteiger partial charge on any atom is -0.496 e. The molecule has 0 bridgehead atoms. The zero-order valence-corrected chi connectivity index (χ0v) is 12.5. The molecule has 5 nitrogen and oxygen atoms in total. The van der Waals surface area contributed by atoms with Gasteiger partial charge < -0.3 is 10.1 Å². The monoisotopic (exact) mass is 332 g/mol. The lowest BCUT2D eigenvalue weighted by Gasteiger charge is -2.06. The Morgan fingerprint density at radius 3 is 2.75 bits per heavy atom. The van der Waals surface area contributed by atoms with Gasteiger partial charge in [-0.2, -0.15) is 5.26 Å². The fourth-order valence-electron chi connectivity index (χ4n) is 1.65. The molecule has 0 spiro atoms. The summed E-state index contributed by atoms with van der Waals surface area (Å²) in [4.78, 5) is 0. The number of anilines is 1. The van der Waals surface area contributed by atoms with Crippen LogP contribution in [0.1, 0.15) is 6.42 Å². The highest BCUT2D eigenvalue weighted by molar-refractivity contribution is 9.10. The van der Waals surface area contributed by atoms with Gasteiger partial charge >= 0.3 is 0 Å². The molecule has 6 heteroatoms. The van der Waals surface area contributed by atoms with Crippen LogP contribution in [0.4, 0.5) is 5.82 Å². The van der Waals surface area contributed by atoms with Crippen molar-refractivity contribution >= 4 is 21.7 Å². The maximum Gasteiger partial charge on any atom is 0.148 e. The molecule has 20 heavy (non-hydrogen) atoms. The van der Waals surface area contributed by atoms with Gasteiger partial charge in [-0.1, -0.05) is 0 Å². The maximum absolute atomic E-state index is 8.47. The molecule has 0 amide bonds. The first-order chi connectivity index (χ1) is 9.74. The van der Waals surface area contributed by atoms with E-state index in [-0.39, 0.29) is 0 Å². The van der Waals surface area contributed by atoms with E-state index in [9.17, 15) is 0 Å². The molecule has 0 aliphatic carbocycles. The van der Waals surface area contributed by atoms with Crippen LogP contribution < -0.4 is 10.1 Å². The van der Waals surface area contributed by atoms with Crippen molar-refractivity contribution in [1.82, 2.24) is 10.2 Å². The first-order valence-electron chi connectivity index (χ1n) is 6.03. The second kappa shape index (κ2) is 6.87. The van der Waals surface area contributed by atoms with Gasteiger partial charge in [-0.15, -0.1) is 10.2 Å². The van der Waals surface area contributed by atoms with Crippen LogP contribution in [0.25, 0.3) is 11.3 Å². The number of aromatic nitrogens is 2. The summed E-state index contributed by atoms with van der Waals surface area (Å²) in [7, 11) is 1.63. The average Bonchev–Trinajstić information content (AvgIpc) is 2.48. The fourth-order valence-corrected chi connectivity index (χ4v) is 2.19. The number of nitrogens with zero attached hydrogens (tertiary/aromatic N) is 3. The zero-order chi connectivity index (χ0) is 14.4. The van der Waals surface area contributed by atoms with Crippen molar-refractivity contribution in [2.24, 2.45) is 0 Å². The second-order valence-electron chi connectivity index (χ2n) is 3.99. The van der Waals surface area contributed by atoms with Gasteiger partial charge in [-0.25, -0.2) is 0 Å². The predicted molar refractivity (Wildman–Crippen MR) is 80.4 cm³/mol. The highest BCUT2D eigenvalue weighted by Gasteiger charge is 2.05. The normalized spacial score (nSPS) is 9.85. The van der Waals surface area contributed by atoms with Crippen LogP contribution in [-0.4, -0.2) is 23.9 Å². The van der Waals surface area contributed by atoms with E-state index in [2.05, 4.69) is 37.5 Å². The summed E-state index contributed by atoms with van der Waals surface area (Å²) in [5.74, 6) is 1.44. The molecule has 0 aliphatic heterocycles. The van der Waals surface area contributed by atoms with Crippen LogP contribution >= 0.6 is 15.9 Å². The molecule has 0 saturated heterocycles. The van der Waals surface area contributed by atoms with E-state index >= 15 is 0 Å². The number of halogens is 1. The molecule has 0 fully saturated rings. The molecular weight excluding hydrogens is 320 g/mol. The fraction of sp³-hybridized carbons (Fsp3) is 0.214. The number of hydrogen-bond donors (Lipinski definition) is 1. The van der Waals surface area contributed by atoms with Gasteiger partial charge in [0.1, 0.15) is 11.6 Å². The molecule has 1 aromatic heterocycles. The highest BCUT2D eigenvalue weighted by atomic mass is 79.9. The van der Waals surface area contributed by atoms with Crippen molar-refractivity contribution < 1.29 is 4.74 Å². The SMILES string of the molecule is COc1ccc(-c2ccc(NCCC#N)nn2)cc1Br. The molecule has 102 valence electrons. The number of rotatable bonds is 5. The molecule has 2 aromatic rings. The Kier molecular flexibility index (Phi) is 4.91. The van der Waals surface area contributed by atoms with Crippen molar-refractivity contribution in [2.75, 3.05) is 19.0 Å². The summed E-state index contributed by atoms with van der Waals surface area (Å²) in [6.45, 7) is 0.568. The number of methoxy groups -OCH3 is 1. The van der Waals surface area contributed by atoms with Crippen molar-refractivity contribution in [3.05, 3.63) is 34.8 Å². The standard InChI is InChI=1S/C14H13BrN4O/c1-20-13-5-3-10(9-11(13)15)12-4-6-14(19-18-12)17-8-2-7-16/h3-6,9H,2,8H2,1H3,(H,17,19). The van der Waals surface area contributed by atoms with Gasteiger partial charge in [0.25, 0.3) is 0 Å². The first-order valence-corrected chi connectivity index (χ1v) is 6.82. The quantitative estimate of drug-likeness (QED) is 0.851. The third-order valence-electron chi connectivity index (χ3n) is 2.66. The number of hydrogen-bond acceptors (Lipinski definition) is 5. The van der Waals surface area contributed by atoms with E-state index in [1.807, 2.05) is 30.3 Å². The summed E-state index contributed by atoms with van der Waals surface area (Å²) < 4.78 is 6.06. The Balaban J connectivity index is 2.13. The van der Waals surface area contributed by atoms with Crippen LogP contribution in [0.15, 0.2) is 34.8 Å². The van der Waals surface area contributed by atoms with E-state index in [4.69, 9.17) is 10.00 Å². The maximum atomic E-state index is 8.47. The Hall–Kier alpha value is -2.13. The summed E-state index contributed by atoms with van der Waals surface area (Å²) in [5.41, 5.74) is 1.73. The van der Waals surface area contributed by atoms with Crippen LogP contribution in [0, 0.1) is 11.3 Å². The topological polar surface area (TPSA) is 70.8 Å². The zero-order valence-electron chi connectivity index (χ0n) is 10.9. The number of ether oxygens (including phenoxy) is 1. The molecular formula is C14H13BrN4O. The summed E-state index contributed by atoms with van der Waals surface area (Å²) in [5, 5.41) is 19.7. The van der Waals surface area contributed by atoms with E-state index in [0.717, 1.165) is 21.5 Å². The predicted octanol–water partition coefficient (Wildman–Crippen LogP) is 3.24. The van der Waals surface area contributed by atoms with Crippen molar-refractivity contribution in [3.8, 4) is 23.1 Å². The molecule has 0 saturated carbocycles. The Labute approximate surface area is 125 Å². The molecule has 1 N–H and O–H groups in total. The first kappa shape index (κ1) is 14.3. The van der Waals surface area contributed by atoms with E-state index in [1.54, 1.807) is 7.11 Å². The summed E-state index contributed by atoms with van der Waals surface area (Å²) in [6, 6.07) is 11.5. The minimum atomic E-state index is 0.439. The number of benzene rings is 1. The van der Waals surface area contributed by atoms with Crippen molar-refractivity contribution in [3.63, 3.8) is 0 Å². The summed E-state index contributed by atoms with van der Waals surface area (Å²) in [6.07, 6.45) is 0.439. The third kappa shape index (κ3) is 3.45. The van der Waals surface area contributed by atoms with Gasteiger partial charge in [-0.05, 0) is 46.3 Å². The Morgan fingerprint density at radius 2 is 2.15 bits per heavy atom. The van der Waals surface area contributed by atoms with Gasteiger partial charge in [0, 0.05) is 12.1 Å². The largest absolute Gasteiger partial charge is 0.496 e. The Bertz CT molecular complexity index is 622. The van der Waals surface area contributed by atoms with Crippen LogP contribution in [0.5, 0.6) is 5.75 Å². The van der Waals surface area contributed by atoms with E-state index < -0.39 is 0 Å². The molecule has 0 radical (unpaired) electrons. The number of nitriles is 1. The molecule has 2 rings (SSSR count). The van der Waals surface area contributed by atoms with E-state index in [1.165, 1.54) is 0 Å². The average molecular weight is 333 g/mol. The van der Waals surface area contributed by atoms with Gasteiger partial charge in [-0.3, -0.25) is 0 Å². The van der Waals surface area contributed by atoms with Gasteiger partial charge in [0.05, 0.1) is 29.8 Å². The molecule has 0 unspecified atom stereocenters. The van der Waals surface area contributed by atoms with Crippen molar-refractivity contribution in [1.29, 1.82) is 5.26 Å². The van der Waals surface area contributed by atoms with Crippen molar-refractivity contribution in [2.45, 2.75) is 6.42 Å². The molecule has 1 aromatic carbocycles. The lowest BCUT2D eigenvalue weighted by molar-refractivity contribution is 0.412. The highest BCUT2D eigenvalue weighted by Crippen LogP contribution is 2.29. The smallest absolute Gasteiger partial charge is 0.148 e. The molecule has 1 heterocycles. The Morgan fingerprint density at radius 1 is 1.30 bits per heavy atom. The lowest BCUT2D eigenvalue weighted by Crippen LogP contribution is -2.03. The molecule has 0 aliphatic rings. The lowest BCUT2D eigenvalue weighted by atomic mass is 10.1. The van der Waals surface area contributed by atoms with Gasteiger partial charge in [0.2, 0.25) is 0 Å². The van der Waals surface area contributed by atoms with Crippen LogP contribution in [0.3, 0.4) is 0 Å². The van der Waals surface area contributed by atoms with Gasteiger partial charge in [0.15, 0.2) is 0 Å². The number of nitrogens with one attached hydrogen (secondary N) is 1. The minimum absolute atomic E-state index is 0.439. The van der Waals surface area contributed by atoms with E-state index in [0.29, 0.717) is 18.8 Å².